The average Bonchev–Trinajstić information content (AvgIpc) is 2.95. The van der Waals surface area contributed by atoms with Gasteiger partial charge in [-0.15, -0.1) is 0 Å². The molecule has 0 unspecified atom stereocenters. The summed E-state index contributed by atoms with van der Waals surface area (Å²) in [5.41, 5.74) is 1.19. The lowest BCUT2D eigenvalue weighted by molar-refractivity contribution is 0.321. The zero-order valence-electron chi connectivity index (χ0n) is 11.0. The van der Waals surface area contributed by atoms with Crippen molar-refractivity contribution in [3.63, 3.8) is 0 Å². The highest BCUT2D eigenvalue weighted by atomic mass is 15.3. The number of hydrogen-bond donors (Lipinski definition) is 1. The molecule has 4 heteroatoms. The minimum Gasteiger partial charge on any atom is -0.318 e. The number of likely N-dealkylation sites (N-methyl/N-ethyl adjacent to an activating group) is 2. The van der Waals surface area contributed by atoms with E-state index >= 15 is 0 Å². The van der Waals surface area contributed by atoms with E-state index in [1.165, 1.54) is 31.4 Å². The van der Waals surface area contributed by atoms with Gasteiger partial charge in [-0.05, 0) is 33.0 Å². The molecule has 0 bridgehead atoms. The van der Waals surface area contributed by atoms with E-state index in [-0.39, 0.29) is 0 Å². The molecule has 96 valence electrons. The molecule has 2 rings (SSSR count). The molecular weight excluding hydrogens is 212 g/mol. The van der Waals surface area contributed by atoms with Gasteiger partial charge < -0.3 is 5.32 Å². The number of nitrogens with one attached hydrogen (secondary N) is 1. The maximum atomic E-state index is 4.69. The lowest BCUT2D eigenvalue weighted by atomic mass is 10.3. The molecule has 1 N–H and O–H groups in total. The summed E-state index contributed by atoms with van der Waals surface area (Å²) >= 11 is 0. The van der Waals surface area contributed by atoms with Gasteiger partial charge in [0.05, 0.1) is 11.7 Å². The van der Waals surface area contributed by atoms with Crippen molar-refractivity contribution >= 4 is 0 Å². The normalized spacial score (nSPS) is 17.1. The standard InChI is InChI=1S/C13H24N4/c1-14-8-10-16(2)11-12-7-9-17(15-12)13-5-3-4-6-13/h7,9,13-14H,3-6,8,10-11H2,1-2H3. The van der Waals surface area contributed by atoms with Gasteiger partial charge in [0.15, 0.2) is 0 Å². The summed E-state index contributed by atoms with van der Waals surface area (Å²) in [6.07, 6.45) is 7.48. The Bertz CT molecular complexity index is 328. The second kappa shape index (κ2) is 6.17. The van der Waals surface area contributed by atoms with Crippen molar-refractivity contribution in [1.82, 2.24) is 20.0 Å². The summed E-state index contributed by atoms with van der Waals surface area (Å²) in [5.74, 6) is 0. The lowest BCUT2D eigenvalue weighted by Crippen LogP contribution is -2.27. The van der Waals surface area contributed by atoms with E-state index in [2.05, 4.69) is 34.2 Å². The Morgan fingerprint density at radius 1 is 1.47 bits per heavy atom. The van der Waals surface area contributed by atoms with E-state index < -0.39 is 0 Å². The molecule has 0 radical (unpaired) electrons. The summed E-state index contributed by atoms with van der Waals surface area (Å²) in [6, 6.07) is 2.82. The molecule has 1 aromatic heterocycles. The molecule has 1 fully saturated rings. The van der Waals surface area contributed by atoms with Gasteiger partial charge in [0.25, 0.3) is 0 Å². The second-order valence-corrected chi connectivity index (χ2v) is 5.07. The number of nitrogens with zero attached hydrogens (tertiary/aromatic N) is 3. The first-order valence-electron chi connectivity index (χ1n) is 6.67. The highest BCUT2D eigenvalue weighted by Crippen LogP contribution is 2.28. The molecule has 1 saturated carbocycles. The van der Waals surface area contributed by atoms with Crippen molar-refractivity contribution in [2.24, 2.45) is 0 Å². The van der Waals surface area contributed by atoms with Gasteiger partial charge >= 0.3 is 0 Å². The number of aromatic nitrogens is 2. The molecule has 1 aliphatic carbocycles. The van der Waals surface area contributed by atoms with Crippen molar-refractivity contribution in [2.75, 3.05) is 27.2 Å². The molecule has 4 nitrogen and oxygen atoms in total. The van der Waals surface area contributed by atoms with Gasteiger partial charge in [0.2, 0.25) is 0 Å². The van der Waals surface area contributed by atoms with E-state index in [4.69, 9.17) is 5.10 Å². The molecule has 0 aromatic carbocycles. The van der Waals surface area contributed by atoms with Crippen LogP contribution in [-0.4, -0.2) is 41.9 Å². The monoisotopic (exact) mass is 236 g/mol. The molecule has 1 aliphatic rings. The Labute approximate surface area is 104 Å². The Balaban J connectivity index is 1.84. The van der Waals surface area contributed by atoms with Gasteiger partial charge in [-0.2, -0.15) is 5.10 Å². The summed E-state index contributed by atoms with van der Waals surface area (Å²) in [4.78, 5) is 2.30. The summed E-state index contributed by atoms with van der Waals surface area (Å²) in [6.45, 7) is 3.04. The first kappa shape index (κ1) is 12.6. The minimum absolute atomic E-state index is 0.659. The molecule has 0 saturated heterocycles. The third-order valence-corrected chi connectivity index (χ3v) is 3.54. The van der Waals surface area contributed by atoms with Gasteiger partial charge in [0.1, 0.15) is 0 Å². The zero-order valence-corrected chi connectivity index (χ0v) is 11.0. The van der Waals surface area contributed by atoms with E-state index in [0.29, 0.717) is 6.04 Å². The van der Waals surface area contributed by atoms with E-state index in [1.807, 2.05) is 7.05 Å². The van der Waals surface area contributed by atoms with Crippen molar-refractivity contribution in [3.8, 4) is 0 Å². The quantitative estimate of drug-likeness (QED) is 0.815. The zero-order chi connectivity index (χ0) is 12.1. The fourth-order valence-electron chi connectivity index (χ4n) is 2.49. The van der Waals surface area contributed by atoms with Gasteiger partial charge in [0, 0.05) is 25.8 Å². The Morgan fingerprint density at radius 2 is 2.24 bits per heavy atom. The summed E-state index contributed by atoms with van der Waals surface area (Å²) < 4.78 is 2.17. The predicted octanol–water partition coefficient (Wildman–Crippen LogP) is 1.65. The first-order chi connectivity index (χ1) is 8.29. The van der Waals surface area contributed by atoms with Crippen LogP contribution in [0.2, 0.25) is 0 Å². The predicted molar refractivity (Wildman–Crippen MR) is 70.0 cm³/mol. The van der Waals surface area contributed by atoms with Gasteiger partial charge in [-0.3, -0.25) is 9.58 Å². The molecule has 17 heavy (non-hydrogen) atoms. The maximum Gasteiger partial charge on any atom is 0.0764 e. The largest absolute Gasteiger partial charge is 0.318 e. The summed E-state index contributed by atoms with van der Waals surface area (Å²) in [7, 11) is 4.13. The Hall–Kier alpha value is -0.870. The lowest BCUT2D eigenvalue weighted by Gasteiger charge is -2.14. The second-order valence-electron chi connectivity index (χ2n) is 5.07. The third kappa shape index (κ3) is 3.54. The molecule has 1 heterocycles. The molecule has 0 atom stereocenters. The fraction of sp³-hybridized carbons (Fsp3) is 0.769. The molecule has 0 amide bonds. The van der Waals surface area contributed by atoms with Crippen LogP contribution in [0.4, 0.5) is 0 Å². The topological polar surface area (TPSA) is 33.1 Å². The molecular formula is C13H24N4. The summed E-state index contributed by atoms with van der Waals surface area (Å²) in [5, 5.41) is 7.86. The highest BCUT2D eigenvalue weighted by Gasteiger charge is 2.17. The van der Waals surface area contributed by atoms with E-state index in [1.54, 1.807) is 0 Å². The van der Waals surface area contributed by atoms with Gasteiger partial charge in [-0.1, -0.05) is 12.8 Å². The van der Waals surface area contributed by atoms with Crippen LogP contribution in [-0.2, 0) is 6.54 Å². The van der Waals surface area contributed by atoms with Crippen molar-refractivity contribution in [3.05, 3.63) is 18.0 Å². The number of hydrogen-bond acceptors (Lipinski definition) is 3. The van der Waals surface area contributed by atoms with Crippen LogP contribution in [0.1, 0.15) is 37.4 Å². The maximum absolute atomic E-state index is 4.69. The molecule has 1 aromatic rings. The van der Waals surface area contributed by atoms with Crippen LogP contribution in [0, 0.1) is 0 Å². The van der Waals surface area contributed by atoms with Crippen LogP contribution < -0.4 is 5.32 Å². The van der Waals surface area contributed by atoms with Crippen molar-refractivity contribution < 1.29 is 0 Å². The highest BCUT2D eigenvalue weighted by molar-refractivity contribution is 5.00. The number of rotatable bonds is 6. The molecule has 0 aliphatic heterocycles. The Kier molecular flexibility index (Phi) is 4.57. The van der Waals surface area contributed by atoms with E-state index in [9.17, 15) is 0 Å². The van der Waals surface area contributed by atoms with Crippen LogP contribution in [0.5, 0.6) is 0 Å². The van der Waals surface area contributed by atoms with Crippen LogP contribution in [0.15, 0.2) is 12.3 Å². The van der Waals surface area contributed by atoms with Crippen molar-refractivity contribution in [2.45, 2.75) is 38.3 Å². The SMILES string of the molecule is CNCCN(C)Cc1ccn(C2CCCC2)n1. The fourth-order valence-corrected chi connectivity index (χ4v) is 2.49. The minimum atomic E-state index is 0.659. The first-order valence-corrected chi connectivity index (χ1v) is 6.67. The van der Waals surface area contributed by atoms with Crippen LogP contribution in [0.3, 0.4) is 0 Å². The average molecular weight is 236 g/mol. The Morgan fingerprint density at radius 3 is 2.94 bits per heavy atom. The molecule has 0 spiro atoms. The van der Waals surface area contributed by atoms with Crippen LogP contribution in [0.25, 0.3) is 0 Å². The van der Waals surface area contributed by atoms with E-state index in [0.717, 1.165) is 19.6 Å². The third-order valence-electron chi connectivity index (χ3n) is 3.54. The van der Waals surface area contributed by atoms with Gasteiger partial charge in [-0.25, -0.2) is 0 Å². The smallest absolute Gasteiger partial charge is 0.0764 e. The van der Waals surface area contributed by atoms with Crippen LogP contribution >= 0.6 is 0 Å². The van der Waals surface area contributed by atoms with Crippen molar-refractivity contribution in [1.29, 1.82) is 0 Å².